The number of aliphatic hydroxyl groups is 1. The first-order valence-electron chi connectivity index (χ1n) is 5.07. The van der Waals surface area contributed by atoms with Crippen molar-refractivity contribution in [3.63, 3.8) is 0 Å². The van der Waals surface area contributed by atoms with Gasteiger partial charge >= 0.3 is 0 Å². The van der Waals surface area contributed by atoms with E-state index in [0.29, 0.717) is 15.6 Å². The van der Waals surface area contributed by atoms with Gasteiger partial charge in [0.1, 0.15) is 0 Å². The van der Waals surface area contributed by atoms with Crippen molar-refractivity contribution in [1.29, 1.82) is 0 Å². The largest absolute Gasteiger partial charge is 0.396 e. The van der Waals surface area contributed by atoms with Gasteiger partial charge in [-0.2, -0.15) is 0 Å². The maximum Gasteiger partial charge on any atom is 0.169 e. The number of hydrogen-bond acceptors (Lipinski definition) is 2. The van der Waals surface area contributed by atoms with Gasteiger partial charge in [-0.15, -0.1) is 0 Å². The van der Waals surface area contributed by atoms with Gasteiger partial charge in [0.05, 0.1) is 11.6 Å². The Hall–Kier alpha value is -0.570. The van der Waals surface area contributed by atoms with E-state index in [2.05, 4.69) is 0 Å². The van der Waals surface area contributed by atoms with Gasteiger partial charge in [-0.1, -0.05) is 37.0 Å². The average molecular weight is 261 g/mol. The summed E-state index contributed by atoms with van der Waals surface area (Å²) >= 11 is 11.7. The molecule has 0 saturated carbocycles. The summed E-state index contributed by atoms with van der Waals surface area (Å²) in [4.78, 5) is 12.1. The normalized spacial score (nSPS) is 12.9. The van der Waals surface area contributed by atoms with E-state index < -0.39 is 5.92 Å². The molecule has 2 nitrogen and oxygen atoms in total. The Kier molecular flexibility index (Phi) is 4.78. The molecule has 1 aromatic rings. The number of carbonyl (C=O) groups excluding carboxylic acids is 1. The fourth-order valence-electron chi connectivity index (χ4n) is 1.49. The Morgan fingerprint density at radius 1 is 1.38 bits per heavy atom. The number of hydrogen-bond donors (Lipinski definition) is 1. The summed E-state index contributed by atoms with van der Waals surface area (Å²) in [6.45, 7) is 3.61. The lowest BCUT2D eigenvalue weighted by molar-refractivity contribution is 0.0807. The number of benzene rings is 1. The summed E-state index contributed by atoms with van der Waals surface area (Å²) in [6, 6.07) is 4.75. The van der Waals surface area contributed by atoms with Crippen molar-refractivity contribution in [2.75, 3.05) is 6.61 Å². The fourth-order valence-corrected chi connectivity index (χ4v) is 1.99. The zero-order valence-electron chi connectivity index (χ0n) is 9.21. The molecule has 1 atom stereocenters. The molecule has 0 aliphatic heterocycles. The summed E-state index contributed by atoms with van der Waals surface area (Å²) in [7, 11) is 0. The SMILES string of the molecule is CC(C)C(CO)C(=O)c1ccc(Cl)cc1Cl. The smallest absolute Gasteiger partial charge is 0.169 e. The predicted octanol–water partition coefficient (Wildman–Crippen LogP) is 3.44. The standard InChI is InChI=1S/C12H14Cl2O2/c1-7(2)10(6-15)12(16)9-4-3-8(13)5-11(9)14/h3-5,7,10,15H,6H2,1-2H3. The predicted molar refractivity (Wildman–Crippen MR) is 66.2 cm³/mol. The zero-order valence-corrected chi connectivity index (χ0v) is 10.7. The summed E-state index contributed by atoms with van der Waals surface area (Å²) in [5.41, 5.74) is 0.416. The average Bonchev–Trinajstić information content (AvgIpc) is 2.17. The van der Waals surface area contributed by atoms with E-state index in [1.165, 1.54) is 6.07 Å². The highest BCUT2D eigenvalue weighted by atomic mass is 35.5. The third-order valence-corrected chi connectivity index (χ3v) is 3.08. The van der Waals surface area contributed by atoms with E-state index in [9.17, 15) is 9.90 Å². The molecule has 0 saturated heterocycles. The highest BCUT2D eigenvalue weighted by Crippen LogP contribution is 2.25. The van der Waals surface area contributed by atoms with Crippen molar-refractivity contribution < 1.29 is 9.90 Å². The topological polar surface area (TPSA) is 37.3 Å². The first-order valence-corrected chi connectivity index (χ1v) is 5.83. The van der Waals surface area contributed by atoms with E-state index in [1.807, 2.05) is 13.8 Å². The molecule has 0 aliphatic carbocycles. The minimum atomic E-state index is -0.418. The Balaban J connectivity index is 3.04. The van der Waals surface area contributed by atoms with Crippen molar-refractivity contribution >= 4 is 29.0 Å². The van der Waals surface area contributed by atoms with Crippen LogP contribution in [0, 0.1) is 11.8 Å². The second-order valence-electron chi connectivity index (χ2n) is 4.02. The number of Topliss-reactive ketones (excluding diaryl/α,β-unsaturated/α-hetero) is 1. The second-order valence-corrected chi connectivity index (χ2v) is 4.87. The quantitative estimate of drug-likeness (QED) is 0.843. The number of rotatable bonds is 4. The lowest BCUT2D eigenvalue weighted by Gasteiger charge is -2.17. The summed E-state index contributed by atoms with van der Waals surface area (Å²) < 4.78 is 0. The van der Waals surface area contributed by atoms with E-state index in [0.717, 1.165) is 0 Å². The minimum Gasteiger partial charge on any atom is -0.396 e. The van der Waals surface area contributed by atoms with Gasteiger partial charge in [0.25, 0.3) is 0 Å². The lowest BCUT2D eigenvalue weighted by Crippen LogP contribution is -2.24. The van der Waals surface area contributed by atoms with Crippen LogP contribution < -0.4 is 0 Å². The van der Waals surface area contributed by atoms with Gasteiger partial charge in [-0.3, -0.25) is 4.79 Å². The number of ketones is 1. The maximum absolute atomic E-state index is 12.1. The first kappa shape index (κ1) is 13.5. The van der Waals surface area contributed by atoms with E-state index >= 15 is 0 Å². The molecule has 0 fully saturated rings. The number of aliphatic hydroxyl groups excluding tert-OH is 1. The van der Waals surface area contributed by atoms with Crippen LogP contribution in [0.4, 0.5) is 0 Å². The molecule has 1 unspecified atom stereocenters. The van der Waals surface area contributed by atoms with Crippen molar-refractivity contribution in [2.24, 2.45) is 11.8 Å². The molecule has 16 heavy (non-hydrogen) atoms. The number of halogens is 2. The van der Waals surface area contributed by atoms with Crippen LogP contribution in [0.1, 0.15) is 24.2 Å². The zero-order chi connectivity index (χ0) is 12.3. The molecule has 0 radical (unpaired) electrons. The Morgan fingerprint density at radius 3 is 2.44 bits per heavy atom. The molecule has 0 aromatic heterocycles. The van der Waals surface area contributed by atoms with Crippen LogP contribution in [0.3, 0.4) is 0 Å². The van der Waals surface area contributed by atoms with E-state index in [1.54, 1.807) is 12.1 Å². The van der Waals surface area contributed by atoms with Gasteiger partial charge in [0, 0.05) is 16.5 Å². The summed E-state index contributed by atoms with van der Waals surface area (Å²) in [5, 5.41) is 10.0. The van der Waals surface area contributed by atoms with Crippen LogP contribution in [0.5, 0.6) is 0 Å². The van der Waals surface area contributed by atoms with Crippen LogP contribution in [0.25, 0.3) is 0 Å². The monoisotopic (exact) mass is 260 g/mol. The van der Waals surface area contributed by atoms with Gasteiger partial charge < -0.3 is 5.11 Å². The Bertz CT molecular complexity index is 389. The maximum atomic E-state index is 12.1. The molecular weight excluding hydrogens is 247 g/mol. The molecule has 0 spiro atoms. The second kappa shape index (κ2) is 5.67. The molecule has 88 valence electrons. The molecule has 1 rings (SSSR count). The van der Waals surface area contributed by atoms with Crippen LogP contribution in [-0.2, 0) is 0 Å². The molecular formula is C12H14Cl2O2. The van der Waals surface area contributed by atoms with Crippen molar-refractivity contribution in [2.45, 2.75) is 13.8 Å². The van der Waals surface area contributed by atoms with Crippen molar-refractivity contribution in [3.05, 3.63) is 33.8 Å². The summed E-state index contributed by atoms with van der Waals surface area (Å²) in [6.07, 6.45) is 0. The van der Waals surface area contributed by atoms with Crippen molar-refractivity contribution in [1.82, 2.24) is 0 Å². The van der Waals surface area contributed by atoms with Gasteiger partial charge in [-0.25, -0.2) is 0 Å². The minimum absolute atomic E-state index is 0.0734. The van der Waals surface area contributed by atoms with Gasteiger partial charge in [0.2, 0.25) is 0 Å². The van der Waals surface area contributed by atoms with Crippen molar-refractivity contribution in [3.8, 4) is 0 Å². The third-order valence-electron chi connectivity index (χ3n) is 2.53. The highest BCUT2D eigenvalue weighted by Gasteiger charge is 2.24. The number of carbonyl (C=O) groups is 1. The van der Waals surface area contributed by atoms with Gasteiger partial charge in [0.15, 0.2) is 5.78 Å². The van der Waals surface area contributed by atoms with Crippen LogP contribution >= 0.6 is 23.2 Å². The van der Waals surface area contributed by atoms with Crippen LogP contribution in [-0.4, -0.2) is 17.5 Å². The first-order chi connectivity index (χ1) is 7.47. The lowest BCUT2D eigenvalue weighted by atomic mass is 9.89. The molecule has 0 bridgehead atoms. The Labute approximate surface area is 105 Å². The molecule has 0 heterocycles. The Morgan fingerprint density at radius 2 is 2.00 bits per heavy atom. The van der Waals surface area contributed by atoms with E-state index in [-0.39, 0.29) is 18.3 Å². The third kappa shape index (κ3) is 2.97. The molecule has 1 aromatic carbocycles. The van der Waals surface area contributed by atoms with Gasteiger partial charge in [-0.05, 0) is 24.1 Å². The summed E-state index contributed by atoms with van der Waals surface area (Å²) in [5.74, 6) is -0.484. The van der Waals surface area contributed by atoms with Crippen LogP contribution in [0.15, 0.2) is 18.2 Å². The fraction of sp³-hybridized carbons (Fsp3) is 0.417. The van der Waals surface area contributed by atoms with E-state index in [4.69, 9.17) is 23.2 Å². The molecule has 1 N–H and O–H groups in total. The molecule has 0 aliphatic rings. The molecule has 4 heteroatoms. The highest BCUT2D eigenvalue weighted by molar-refractivity contribution is 6.36. The van der Waals surface area contributed by atoms with Crippen LogP contribution in [0.2, 0.25) is 10.0 Å². The molecule has 0 amide bonds.